The lowest BCUT2D eigenvalue weighted by atomic mass is 10.3. The minimum atomic E-state index is -0.488. The lowest BCUT2D eigenvalue weighted by Gasteiger charge is -2.16. The van der Waals surface area contributed by atoms with Crippen molar-refractivity contribution in [3.63, 3.8) is 0 Å². The first-order valence-corrected chi connectivity index (χ1v) is 5.25. The Morgan fingerprint density at radius 1 is 1.18 bits per heavy atom. The van der Waals surface area contributed by atoms with E-state index in [2.05, 4.69) is 20.1 Å². The fourth-order valence-corrected chi connectivity index (χ4v) is 1.22. The van der Waals surface area contributed by atoms with Gasteiger partial charge in [-0.15, -0.1) is 0 Å². The first-order valence-electron chi connectivity index (χ1n) is 4.43. The molecular formula is C7H14N6O2S2. The lowest BCUT2D eigenvalue weighted by molar-refractivity contribution is 0.474. The molecule has 0 rings (SSSR count). The summed E-state index contributed by atoms with van der Waals surface area (Å²) in [5.41, 5.74) is 9.96. The first kappa shape index (κ1) is 15.3. The largest absolute Gasteiger partial charge is 0.399 e. The van der Waals surface area contributed by atoms with Gasteiger partial charge < -0.3 is 31.6 Å². The van der Waals surface area contributed by atoms with Crippen LogP contribution in [0.15, 0.2) is 0 Å². The average Bonchev–Trinajstić information content (AvgIpc) is 2.12. The van der Waals surface area contributed by atoms with Gasteiger partial charge in [0.2, 0.25) is 0 Å². The average molecular weight is 278 g/mol. The molecule has 0 spiro atoms. The van der Waals surface area contributed by atoms with Crippen molar-refractivity contribution < 1.29 is 9.47 Å². The van der Waals surface area contributed by atoms with Gasteiger partial charge >= 0.3 is 0 Å². The van der Waals surface area contributed by atoms with E-state index < -0.39 is 12.0 Å². The number of hydrogen-bond acceptors (Lipinski definition) is 6. The van der Waals surface area contributed by atoms with Crippen LogP contribution < -0.4 is 22.1 Å². The van der Waals surface area contributed by atoms with Crippen molar-refractivity contribution in [3.8, 4) is 0 Å². The Hall–Kier alpha value is -1.68. The summed E-state index contributed by atoms with van der Waals surface area (Å²) in [6, 6.07) is -1.12. The lowest BCUT2D eigenvalue weighted by Crippen LogP contribution is -2.43. The van der Waals surface area contributed by atoms with Gasteiger partial charge in [0.15, 0.2) is 0 Å². The van der Waals surface area contributed by atoms with Crippen LogP contribution in [-0.4, -0.2) is 35.0 Å². The zero-order valence-corrected chi connectivity index (χ0v) is 10.7. The predicted octanol–water partition coefficient (Wildman–Crippen LogP) is -1.06. The maximum atomic E-state index is 6.85. The van der Waals surface area contributed by atoms with Gasteiger partial charge in [0.05, 0.1) is 0 Å². The molecule has 10 heteroatoms. The van der Waals surface area contributed by atoms with Crippen LogP contribution in [0.25, 0.3) is 0 Å². The number of amidine groups is 2. The van der Waals surface area contributed by atoms with Gasteiger partial charge in [0, 0.05) is 12.6 Å². The molecule has 8 N–H and O–H groups in total. The molecule has 1 atom stereocenters. The molecule has 0 aromatic heterocycles. The van der Waals surface area contributed by atoms with Crippen LogP contribution in [0.1, 0.15) is 6.92 Å². The Morgan fingerprint density at radius 2 is 1.65 bits per heavy atom. The summed E-state index contributed by atoms with van der Waals surface area (Å²) in [6.07, 6.45) is 0. The second-order valence-electron chi connectivity index (χ2n) is 2.93. The molecular weight excluding hydrogens is 264 g/mol. The molecule has 0 heterocycles. The van der Waals surface area contributed by atoms with Crippen LogP contribution in [0, 0.1) is 10.8 Å². The molecule has 0 fully saturated rings. The Morgan fingerprint density at radius 3 is 2.12 bits per heavy atom. The molecule has 0 aliphatic rings. The third-order valence-corrected chi connectivity index (χ3v) is 1.75. The third-order valence-electron chi connectivity index (χ3n) is 1.32. The number of rotatable bonds is 3. The van der Waals surface area contributed by atoms with Gasteiger partial charge in [-0.1, -0.05) is 0 Å². The summed E-state index contributed by atoms with van der Waals surface area (Å²) in [7, 11) is 0. The fraction of sp³-hybridized carbons (Fsp3) is 0.429. The monoisotopic (exact) mass is 278 g/mol. The van der Waals surface area contributed by atoms with Gasteiger partial charge in [-0.05, 0) is 31.4 Å². The second kappa shape index (κ2) is 7.57. The van der Waals surface area contributed by atoms with E-state index in [0.717, 1.165) is 0 Å². The highest BCUT2D eigenvalue weighted by molar-refractivity contribution is 7.80. The molecule has 0 aromatic carbocycles. The Labute approximate surface area is 109 Å². The number of thiocarbonyl (C=S) groups is 2. The molecule has 0 aliphatic carbocycles. The van der Waals surface area contributed by atoms with Crippen LogP contribution in [-0.2, 0) is 9.47 Å². The highest BCUT2D eigenvalue weighted by atomic mass is 32.1. The normalized spacial score (nSPS) is 10.9. The fourth-order valence-electron chi connectivity index (χ4n) is 0.754. The molecule has 96 valence electrons. The standard InChI is InChI=1S/C7H14N6O2S2/c1-3(13-7(17)15-5(10)11)2-12-6(16)14-4(8)9/h3H,2H2,1H3,(H3,8,9)(H3,10,11)(H,12,16)(H,13,17). The van der Waals surface area contributed by atoms with Crippen molar-refractivity contribution >= 4 is 46.8 Å². The summed E-state index contributed by atoms with van der Waals surface area (Å²) in [5.74, 6) is 0. The second-order valence-corrected chi connectivity index (χ2v) is 3.68. The van der Waals surface area contributed by atoms with Gasteiger partial charge in [-0.25, -0.2) is 0 Å². The van der Waals surface area contributed by atoms with Gasteiger partial charge in [-0.2, -0.15) is 0 Å². The van der Waals surface area contributed by atoms with Crippen LogP contribution in [0.5, 0.6) is 0 Å². The third kappa shape index (κ3) is 9.26. The molecule has 0 amide bonds. The summed E-state index contributed by atoms with van der Waals surface area (Å²) in [4.78, 5) is 0. The smallest absolute Gasteiger partial charge is 0.286 e. The van der Waals surface area contributed by atoms with E-state index >= 15 is 0 Å². The van der Waals surface area contributed by atoms with Crippen molar-refractivity contribution in [2.24, 2.45) is 11.5 Å². The molecule has 8 nitrogen and oxygen atoms in total. The summed E-state index contributed by atoms with van der Waals surface area (Å²) < 4.78 is 9.23. The van der Waals surface area contributed by atoms with Crippen molar-refractivity contribution in [2.75, 3.05) is 6.54 Å². The predicted molar refractivity (Wildman–Crippen MR) is 71.8 cm³/mol. The van der Waals surface area contributed by atoms with E-state index in [1.807, 2.05) is 0 Å². The van der Waals surface area contributed by atoms with Crippen LogP contribution in [0.4, 0.5) is 0 Å². The van der Waals surface area contributed by atoms with Crippen molar-refractivity contribution in [2.45, 2.75) is 13.0 Å². The number of hydrogen-bond donors (Lipinski definition) is 6. The highest BCUT2D eigenvalue weighted by Gasteiger charge is 2.07. The van der Waals surface area contributed by atoms with Crippen molar-refractivity contribution in [1.29, 1.82) is 10.8 Å². The molecule has 17 heavy (non-hydrogen) atoms. The molecule has 0 radical (unpaired) electrons. The molecule has 0 bridgehead atoms. The summed E-state index contributed by atoms with van der Waals surface area (Å²) >= 11 is 9.49. The van der Waals surface area contributed by atoms with E-state index in [1.165, 1.54) is 0 Å². The van der Waals surface area contributed by atoms with Crippen molar-refractivity contribution in [3.05, 3.63) is 0 Å². The highest BCUT2D eigenvalue weighted by Crippen LogP contribution is 1.85. The summed E-state index contributed by atoms with van der Waals surface area (Å²) in [5, 5.41) is 19.1. The van der Waals surface area contributed by atoms with Gasteiger partial charge in [-0.3, -0.25) is 10.8 Å². The first-order chi connectivity index (χ1) is 7.81. The minimum absolute atomic E-state index is 0.00907. The quantitative estimate of drug-likeness (QED) is 0.218. The van der Waals surface area contributed by atoms with Crippen molar-refractivity contribution in [1.82, 2.24) is 10.6 Å². The molecule has 0 aromatic rings. The van der Waals surface area contributed by atoms with E-state index in [-0.39, 0.29) is 16.4 Å². The number of nitrogens with two attached hydrogens (primary N) is 2. The maximum absolute atomic E-state index is 6.85. The summed E-state index contributed by atoms with van der Waals surface area (Å²) in [6.45, 7) is 2.16. The molecule has 1 unspecified atom stereocenters. The topological polar surface area (TPSA) is 142 Å². The Bertz CT molecular complexity index is 334. The number of ether oxygens (including phenoxy) is 2. The van der Waals surface area contributed by atoms with Crippen LogP contribution in [0.2, 0.25) is 0 Å². The SMILES string of the molecule is CC(CNC(=S)OC(=N)N)NC(=S)OC(=N)N. The molecule has 0 saturated carbocycles. The van der Waals surface area contributed by atoms with Crippen LogP contribution >= 0.6 is 24.4 Å². The zero-order chi connectivity index (χ0) is 13.4. The van der Waals surface area contributed by atoms with Gasteiger partial charge in [0.25, 0.3) is 22.4 Å². The molecule has 0 saturated heterocycles. The Kier molecular flexibility index (Phi) is 6.82. The van der Waals surface area contributed by atoms with Crippen LogP contribution in [0.3, 0.4) is 0 Å². The van der Waals surface area contributed by atoms with E-state index in [9.17, 15) is 0 Å². The van der Waals surface area contributed by atoms with E-state index in [1.54, 1.807) is 6.92 Å². The number of nitrogens with one attached hydrogen (secondary N) is 4. The maximum Gasteiger partial charge on any atom is 0.286 e. The van der Waals surface area contributed by atoms with E-state index in [0.29, 0.717) is 6.54 Å². The Balaban J connectivity index is 3.83. The zero-order valence-electron chi connectivity index (χ0n) is 9.07. The van der Waals surface area contributed by atoms with Gasteiger partial charge in [0.1, 0.15) is 0 Å². The minimum Gasteiger partial charge on any atom is -0.399 e. The van der Waals surface area contributed by atoms with E-state index in [4.69, 9.17) is 46.7 Å². The molecule has 0 aliphatic heterocycles.